The van der Waals surface area contributed by atoms with Gasteiger partial charge in [-0.15, -0.1) is 11.6 Å². The molecule has 11 nitrogen and oxygen atoms in total. The maximum Gasteiger partial charge on any atom is 2.00 e. The number of carbonyl (C=O) groups excluding carboxylic acids is 3. The van der Waals surface area contributed by atoms with E-state index in [-0.39, 0.29) is 73.8 Å². The molecule has 0 aliphatic carbocycles. The van der Waals surface area contributed by atoms with Crippen LogP contribution < -0.4 is 30.1 Å². The van der Waals surface area contributed by atoms with Crippen LogP contribution in [-0.4, -0.2) is 112 Å². The van der Waals surface area contributed by atoms with Crippen LogP contribution in [0, 0.1) is 6.92 Å². The number of benzene rings is 5. The third-order valence-corrected chi connectivity index (χ3v) is 39.6. The van der Waals surface area contributed by atoms with Crippen molar-refractivity contribution < 1.29 is 64.2 Å². The van der Waals surface area contributed by atoms with Gasteiger partial charge in [-0.05, 0) is 182 Å². The number of ether oxygens (including phenoxy) is 2. The Morgan fingerprint density at radius 3 is 0.924 bits per heavy atom. The fourth-order valence-corrected chi connectivity index (χ4v) is 9.72. The average molecular weight is 1430 g/mol. The minimum absolute atomic E-state index is 0. The molecule has 2 N–H and O–H groups in total. The summed E-state index contributed by atoms with van der Waals surface area (Å²) in [6.07, 6.45) is 0.922. The minimum Gasteiger partial charge on any atom is -1.00 e. The first-order chi connectivity index (χ1) is 40.8. The zero-order valence-electron chi connectivity index (χ0n) is 61.7. The zero-order chi connectivity index (χ0) is 70.6. The van der Waals surface area contributed by atoms with Crippen LogP contribution in [-0.2, 0) is 26.8 Å². The zero-order valence-corrected chi connectivity index (χ0v) is 70.4. The molecule has 0 saturated heterocycles. The van der Waals surface area contributed by atoms with E-state index in [1.54, 1.807) is 24.3 Å². The van der Waals surface area contributed by atoms with Crippen LogP contribution >= 0.6 is 22.7 Å². The van der Waals surface area contributed by atoms with Gasteiger partial charge in [0.2, 0.25) is 39.6 Å². The Morgan fingerprint density at radius 2 is 0.717 bits per heavy atom. The van der Waals surface area contributed by atoms with Gasteiger partial charge in [0.15, 0.2) is 13.2 Å². The predicted octanol–water partition coefficient (Wildman–Crippen LogP) is 18.5. The molecule has 5 aromatic carbocycles. The number of alkyl halides is 1. The van der Waals surface area contributed by atoms with Gasteiger partial charge in [0.25, 0.3) is 0 Å². The van der Waals surface area contributed by atoms with Crippen LogP contribution in [0.1, 0.15) is 162 Å². The van der Waals surface area contributed by atoms with Crippen LogP contribution in [0.2, 0.25) is 90.7 Å². The van der Waals surface area contributed by atoms with E-state index in [2.05, 4.69) is 176 Å². The molecule has 0 heterocycles. The van der Waals surface area contributed by atoms with Gasteiger partial charge in [-0.1, -0.05) is 153 Å². The molecule has 0 fully saturated rings. The summed E-state index contributed by atoms with van der Waals surface area (Å²) in [5.41, 5.74) is 4.33. The van der Waals surface area contributed by atoms with Crippen LogP contribution in [0.15, 0.2) is 121 Å². The second-order valence-electron chi connectivity index (χ2n) is 29.6. The predicted molar refractivity (Wildman–Crippen MR) is 402 cm³/mol. The quantitative estimate of drug-likeness (QED) is 0.0229. The van der Waals surface area contributed by atoms with Crippen LogP contribution in [0.4, 0.5) is 0 Å². The van der Waals surface area contributed by atoms with E-state index in [0.29, 0.717) is 35.3 Å². The van der Waals surface area contributed by atoms with Crippen molar-refractivity contribution in [3.8, 4) is 28.7 Å². The standard InChI is InChI=1S/C13H21ClOSi.C13H22O2Si.C13H20O2Si.C13H21OSi.C7H14O3.C7H6O2.C6H15ClSi.ClH.Mg/c3*1-13(2,3)16(4,5)15-12-8-6-11(10-14)7-9-12;1-11-7-9-12(10-8-11)14-15(5,6)13(2,3)4;1-4-9-7(6(3)8)10-5-2;8-5-6-1-3-7(9)4-2-6;1-6(2,3)8(4,5)7;;/h6-9H,10H2,1-5H3;6-9,14H,10H2,1-5H3;6-10H,1-5H3;7-10H,1H2,2-6H3;7H,4-5H2,1-3H3;1-5,9H;1-5H3;1H;/q;;;-1;;;;;+2/p-1. The van der Waals surface area contributed by atoms with Gasteiger partial charge in [0.1, 0.15) is 35.6 Å². The van der Waals surface area contributed by atoms with E-state index < -0.39 is 46.9 Å². The number of aliphatic hydroxyl groups excluding tert-OH is 1. The van der Waals surface area contributed by atoms with Gasteiger partial charge in [-0.25, -0.2) is 0 Å². The van der Waals surface area contributed by atoms with E-state index in [1.165, 1.54) is 19.1 Å². The number of phenolic OH excluding ortho intramolecular Hbond substituents is 1. The Balaban J connectivity index is -0.000000496. The summed E-state index contributed by atoms with van der Waals surface area (Å²) in [6, 6.07) is 37.1. The van der Waals surface area contributed by atoms with Crippen molar-refractivity contribution in [2.75, 3.05) is 13.2 Å². The molecule has 0 spiro atoms. The molecule has 0 aliphatic rings. The summed E-state index contributed by atoms with van der Waals surface area (Å²) in [5.74, 6) is 4.35. The Morgan fingerprint density at radius 1 is 0.478 bits per heavy atom. The van der Waals surface area contributed by atoms with Crippen molar-refractivity contribution in [3.05, 3.63) is 156 Å². The van der Waals surface area contributed by atoms with Gasteiger partial charge >= 0.3 is 23.1 Å². The summed E-state index contributed by atoms with van der Waals surface area (Å²) in [5, 5.41) is 18.9. The van der Waals surface area contributed by atoms with Gasteiger partial charge in [-0.2, -0.15) is 35.7 Å². The number of aldehydes is 2. The second-order valence-corrected chi connectivity index (χ2v) is 56.1. The second kappa shape index (κ2) is 42.3. The Hall–Kier alpha value is -3.42. The molecular weight excluding hydrogens is 1310 g/mol. The first-order valence-corrected chi connectivity index (χ1v) is 47.2. The fourth-order valence-electron chi connectivity index (χ4n) is 5.41. The van der Waals surface area contributed by atoms with E-state index in [9.17, 15) is 14.4 Å². The summed E-state index contributed by atoms with van der Waals surface area (Å²) >= 11 is 11.9. The molecule has 0 aliphatic heterocycles. The number of phenols is 1. The third kappa shape index (κ3) is 37.8. The normalized spacial score (nSPS) is 11.8. The van der Waals surface area contributed by atoms with E-state index in [4.69, 9.17) is 60.1 Å². The van der Waals surface area contributed by atoms with Gasteiger partial charge in [0, 0.05) is 30.2 Å². The summed E-state index contributed by atoms with van der Waals surface area (Å²) in [4.78, 5) is 31.2. The summed E-state index contributed by atoms with van der Waals surface area (Å²) in [7, 11) is -8.27. The van der Waals surface area contributed by atoms with E-state index in [1.807, 2.05) is 98.8 Å². The Labute approximate surface area is 596 Å². The number of Topliss-reactive ketones (excluding diaryl/α,β-unsaturated/α-hetero) is 1. The summed E-state index contributed by atoms with van der Waals surface area (Å²) < 4.78 is 34.4. The number of hydrogen-bond donors (Lipinski definition) is 2. The first-order valence-electron chi connectivity index (χ1n) is 31.1. The van der Waals surface area contributed by atoms with Gasteiger partial charge in [0.05, 0.1) is 12.4 Å². The monoisotopic (exact) mass is 1430 g/mol. The average Bonchev–Trinajstić information content (AvgIpc) is 1.27. The first kappa shape index (κ1) is 95.0. The van der Waals surface area contributed by atoms with E-state index >= 15 is 0 Å². The molecule has 0 unspecified atom stereocenters. The van der Waals surface area contributed by atoms with E-state index in [0.717, 1.165) is 52.3 Å². The number of carbonyl (C=O) groups is 3. The SMILES string of the molecule is CC(C)(C)[Si](C)(C)Cl.CC(C)(C)[Si](C)(C)Oc1ccc(C=O)cc1.CC(C)(C)[Si](C)(C)Oc1ccc(CCl)cc1.CC(C)(C)[Si](C)(C)Oc1ccc(CO)cc1.CCOC(OCC)C(C)=O.O=Cc1ccc(O)cc1.[CH2-]c1ccc(O[Si](C)(C)C(C)(C)C)cc1.[Cl-].[Mg+2]. The number of rotatable bonds is 17. The van der Waals surface area contributed by atoms with Crippen molar-refractivity contribution in [2.24, 2.45) is 0 Å². The van der Waals surface area contributed by atoms with Crippen LogP contribution in [0.5, 0.6) is 28.7 Å². The third-order valence-electron chi connectivity index (χ3n) is 16.6. The van der Waals surface area contributed by atoms with Crippen molar-refractivity contribution in [3.63, 3.8) is 0 Å². The molecule has 92 heavy (non-hydrogen) atoms. The van der Waals surface area contributed by atoms with Gasteiger partial charge < -0.3 is 49.8 Å². The largest absolute Gasteiger partial charge is 2.00 e. The molecule has 5 rings (SSSR count). The molecule has 0 radical (unpaired) electrons. The molecular formula is C72H119Cl3MgO11Si5. The molecule has 0 aromatic heterocycles. The number of hydrogen-bond acceptors (Lipinski definition) is 11. The Kier molecular flexibility index (Phi) is 43.7. The van der Waals surface area contributed by atoms with Crippen molar-refractivity contribution in [2.45, 2.75) is 234 Å². The smallest absolute Gasteiger partial charge is 1.00 e. The van der Waals surface area contributed by atoms with Crippen molar-refractivity contribution >= 4 is 105 Å². The van der Waals surface area contributed by atoms with Gasteiger partial charge in [-0.3, -0.25) is 14.4 Å². The molecule has 20 heteroatoms. The minimum atomic E-state index is -1.76. The Bertz CT molecular complexity index is 2710. The molecule has 0 amide bonds. The van der Waals surface area contributed by atoms with Crippen LogP contribution in [0.3, 0.4) is 0 Å². The number of aromatic hydroxyl groups is 1. The fraction of sp³-hybridized carbons (Fsp3) is 0.528. The van der Waals surface area contributed by atoms with Crippen molar-refractivity contribution in [1.82, 2.24) is 0 Å². The van der Waals surface area contributed by atoms with Crippen molar-refractivity contribution in [1.29, 1.82) is 0 Å². The molecule has 516 valence electrons. The summed E-state index contributed by atoms with van der Waals surface area (Å²) in [6.45, 7) is 65.7. The number of halogens is 3. The number of ketones is 1. The molecule has 0 saturated carbocycles. The molecule has 0 atom stereocenters. The molecule has 5 aromatic rings. The molecule has 0 bridgehead atoms. The maximum atomic E-state index is 10.7. The van der Waals surface area contributed by atoms with Crippen LogP contribution in [0.25, 0.3) is 0 Å². The number of aliphatic hydroxyl groups is 1. The maximum absolute atomic E-state index is 10.7. The topological polar surface area (TPSA) is 147 Å².